The van der Waals surface area contributed by atoms with Crippen LogP contribution in [0.3, 0.4) is 0 Å². The number of nitrogens with zero attached hydrogens (tertiary/aromatic N) is 3. The number of hydrogen-bond donors (Lipinski definition) is 2. The number of hydrazone groups is 1. The van der Waals surface area contributed by atoms with Crippen molar-refractivity contribution in [3.8, 4) is 11.5 Å². The number of benzene rings is 2. The van der Waals surface area contributed by atoms with Crippen molar-refractivity contribution in [2.45, 2.75) is 20.4 Å². The highest BCUT2D eigenvalue weighted by Crippen LogP contribution is 2.27. The van der Waals surface area contributed by atoms with Crippen LogP contribution in [0.25, 0.3) is 11.0 Å². The SMILES string of the molecule is CCn1c(C)nc2cc(C(=O)N/N=C\c3ccc(OCC(N)=O)c(OC)c3)ccc21. The molecule has 3 aromatic rings. The molecule has 0 saturated heterocycles. The van der Waals surface area contributed by atoms with E-state index < -0.39 is 5.91 Å². The number of ether oxygens (including phenoxy) is 2. The minimum absolute atomic E-state index is 0.250. The van der Waals surface area contributed by atoms with Crippen molar-refractivity contribution in [2.75, 3.05) is 13.7 Å². The molecule has 0 atom stereocenters. The molecule has 2 amide bonds. The summed E-state index contributed by atoms with van der Waals surface area (Å²) in [6.45, 7) is 4.55. The lowest BCUT2D eigenvalue weighted by atomic mass is 10.2. The molecule has 9 nitrogen and oxygen atoms in total. The molecule has 0 aliphatic carbocycles. The van der Waals surface area contributed by atoms with Gasteiger partial charge >= 0.3 is 0 Å². The third-order valence-electron chi connectivity index (χ3n) is 4.45. The summed E-state index contributed by atoms with van der Waals surface area (Å²) in [5.41, 5.74) is 10.5. The first-order valence-corrected chi connectivity index (χ1v) is 9.32. The van der Waals surface area contributed by atoms with Crippen LogP contribution >= 0.6 is 0 Å². The van der Waals surface area contributed by atoms with Gasteiger partial charge < -0.3 is 19.8 Å². The van der Waals surface area contributed by atoms with E-state index in [1.165, 1.54) is 13.3 Å². The topological polar surface area (TPSA) is 121 Å². The summed E-state index contributed by atoms with van der Waals surface area (Å²) in [4.78, 5) is 27.8. The fourth-order valence-electron chi connectivity index (χ4n) is 3.05. The van der Waals surface area contributed by atoms with E-state index in [0.717, 1.165) is 23.4 Å². The van der Waals surface area contributed by atoms with Gasteiger partial charge in [0.2, 0.25) is 0 Å². The van der Waals surface area contributed by atoms with E-state index in [0.29, 0.717) is 22.6 Å². The summed E-state index contributed by atoms with van der Waals surface area (Å²) in [7, 11) is 1.48. The number of amides is 2. The van der Waals surface area contributed by atoms with Gasteiger partial charge in [0, 0.05) is 12.1 Å². The Morgan fingerprint density at radius 1 is 1.23 bits per heavy atom. The third kappa shape index (κ3) is 4.57. The number of carbonyl (C=O) groups is 2. The molecule has 0 aliphatic rings. The Morgan fingerprint density at radius 2 is 2.03 bits per heavy atom. The maximum atomic E-state index is 12.4. The standard InChI is InChI=1S/C21H23N5O4/c1-4-26-13(2)24-16-10-15(6-7-17(16)26)21(28)25-23-11-14-5-8-18(19(9-14)29-3)30-12-20(22)27/h5-11H,4,12H2,1-3H3,(H2,22,27)(H,25,28)/b23-11-. The molecule has 30 heavy (non-hydrogen) atoms. The number of nitrogens with two attached hydrogens (primary N) is 1. The van der Waals surface area contributed by atoms with E-state index in [-0.39, 0.29) is 12.5 Å². The number of imidazole rings is 1. The predicted molar refractivity (Wildman–Crippen MR) is 113 cm³/mol. The maximum Gasteiger partial charge on any atom is 0.271 e. The van der Waals surface area contributed by atoms with Gasteiger partial charge in [-0.1, -0.05) is 0 Å². The second-order valence-electron chi connectivity index (χ2n) is 6.47. The number of hydrogen-bond acceptors (Lipinski definition) is 6. The van der Waals surface area contributed by atoms with E-state index in [9.17, 15) is 9.59 Å². The minimum atomic E-state index is -0.583. The number of methoxy groups -OCH3 is 1. The summed E-state index contributed by atoms with van der Waals surface area (Å²) in [5, 5.41) is 4.00. The maximum absolute atomic E-state index is 12.4. The molecule has 0 saturated carbocycles. The van der Waals surface area contributed by atoms with Crippen molar-refractivity contribution in [1.82, 2.24) is 15.0 Å². The van der Waals surface area contributed by atoms with Crippen LogP contribution in [0.15, 0.2) is 41.5 Å². The molecule has 1 aromatic heterocycles. The summed E-state index contributed by atoms with van der Waals surface area (Å²) < 4.78 is 12.6. The van der Waals surface area contributed by atoms with Crippen molar-refractivity contribution in [3.63, 3.8) is 0 Å². The zero-order valence-corrected chi connectivity index (χ0v) is 17.0. The summed E-state index contributed by atoms with van der Waals surface area (Å²) in [6.07, 6.45) is 1.48. The Bertz CT molecular complexity index is 1120. The highest BCUT2D eigenvalue weighted by atomic mass is 16.5. The van der Waals surface area contributed by atoms with Gasteiger partial charge in [-0.15, -0.1) is 0 Å². The Kier molecular flexibility index (Phi) is 6.31. The van der Waals surface area contributed by atoms with Crippen LogP contribution in [0, 0.1) is 6.92 Å². The molecule has 0 unspecified atom stereocenters. The molecule has 9 heteroatoms. The second-order valence-corrected chi connectivity index (χ2v) is 6.47. The van der Waals surface area contributed by atoms with Crippen LogP contribution < -0.4 is 20.6 Å². The molecule has 0 radical (unpaired) electrons. The van der Waals surface area contributed by atoms with Gasteiger partial charge in [0.25, 0.3) is 11.8 Å². The Labute approximate surface area is 173 Å². The van der Waals surface area contributed by atoms with E-state index in [4.69, 9.17) is 15.2 Å². The second kappa shape index (κ2) is 9.08. The van der Waals surface area contributed by atoms with Crippen molar-refractivity contribution < 1.29 is 19.1 Å². The Hall–Kier alpha value is -3.88. The number of rotatable bonds is 8. The monoisotopic (exact) mass is 409 g/mol. The largest absolute Gasteiger partial charge is 0.493 e. The molecule has 0 bridgehead atoms. The molecular formula is C21H23N5O4. The molecule has 1 heterocycles. The van der Waals surface area contributed by atoms with Crippen molar-refractivity contribution in [1.29, 1.82) is 0 Å². The smallest absolute Gasteiger partial charge is 0.271 e. The number of fused-ring (bicyclic) bond motifs is 1. The number of primary amides is 1. The molecule has 2 aromatic carbocycles. The Morgan fingerprint density at radius 3 is 2.73 bits per heavy atom. The fourth-order valence-corrected chi connectivity index (χ4v) is 3.05. The predicted octanol–water partition coefficient (Wildman–Crippen LogP) is 2.00. The lowest BCUT2D eigenvalue weighted by Crippen LogP contribution is -2.20. The lowest BCUT2D eigenvalue weighted by molar-refractivity contribution is -0.119. The van der Waals surface area contributed by atoms with Gasteiger partial charge in [-0.3, -0.25) is 9.59 Å². The summed E-state index contributed by atoms with van der Waals surface area (Å²) in [6, 6.07) is 10.4. The van der Waals surface area contributed by atoms with Crippen LogP contribution in [0.5, 0.6) is 11.5 Å². The van der Waals surface area contributed by atoms with Gasteiger partial charge in [-0.05, 0) is 55.8 Å². The number of aromatic nitrogens is 2. The zero-order chi connectivity index (χ0) is 21.7. The molecule has 0 fully saturated rings. The lowest BCUT2D eigenvalue weighted by Gasteiger charge is -2.09. The quantitative estimate of drug-likeness (QED) is 0.435. The summed E-state index contributed by atoms with van der Waals surface area (Å²) >= 11 is 0. The van der Waals surface area contributed by atoms with E-state index in [1.807, 2.05) is 13.0 Å². The first kappa shape index (κ1) is 20.8. The normalized spacial score (nSPS) is 11.0. The van der Waals surface area contributed by atoms with Crippen LogP contribution in [-0.2, 0) is 11.3 Å². The highest BCUT2D eigenvalue weighted by Gasteiger charge is 2.11. The minimum Gasteiger partial charge on any atom is -0.493 e. The van der Waals surface area contributed by atoms with Crippen molar-refractivity contribution in [2.24, 2.45) is 10.8 Å². The number of carbonyl (C=O) groups excluding carboxylic acids is 2. The fraction of sp³-hybridized carbons (Fsp3) is 0.238. The van der Waals surface area contributed by atoms with Gasteiger partial charge in [0.15, 0.2) is 18.1 Å². The van der Waals surface area contributed by atoms with Gasteiger partial charge in [-0.25, -0.2) is 10.4 Å². The summed E-state index contributed by atoms with van der Waals surface area (Å²) in [5.74, 6) is 0.775. The number of nitrogens with one attached hydrogen (secondary N) is 1. The van der Waals surface area contributed by atoms with E-state index in [2.05, 4.69) is 27.0 Å². The van der Waals surface area contributed by atoms with E-state index in [1.54, 1.807) is 30.3 Å². The number of aryl methyl sites for hydroxylation is 2. The first-order valence-electron chi connectivity index (χ1n) is 9.32. The van der Waals surface area contributed by atoms with Crippen LogP contribution in [-0.4, -0.2) is 41.3 Å². The van der Waals surface area contributed by atoms with Crippen molar-refractivity contribution >= 4 is 29.1 Å². The first-order chi connectivity index (χ1) is 14.4. The molecule has 3 N–H and O–H groups in total. The van der Waals surface area contributed by atoms with Crippen LogP contribution in [0.4, 0.5) is 0 Å². The molecule has 3 rings (SSSR count). The van der Waals surface area contributed by atoms with Gasteiger partial charge in [-0.2, -0.15) is 5.10 Å². The average Bonchev–Trinajstić information content (AvgIpc) is 3.06. The molecular weight excluding hydrogens is 386 g/mol. The van der Waals surface area contributed by atoms with Crippen LogP contribution in [0.1, 0.15) is 28.7 Å². The van der Waals surface area contributed by atoms with E-state index >= 15 is 0 Å². The van der Waals surface area contributed by atoms with Gasteiger partial charge in [0.1, 0.15) is 5.82 Å². The van der Waals surface area contributed by atoms with Crippen molar-refractivity contribution in [3.05, 3.63) is 53.3 Å². The highest BCUT2D eigenvalue weighted by molar-refractivity contribution is 5.98. The molecule has 0 spiro atoms. The third-order valence-corrected chi connectivity index (χ3v) is 4.45. The Balaban J connectivity index is 1.69. The van der Waals surface area contributed by atoms with Gasteiger partial charge in [0.05, 0.1) is 24.4 Å². The van der Waals surface area contributed by atoms with Crippen LogP contribution in [0.2, 0.25) is 0 Å². The molecule has 0 aliphatic heterocycles. The zero-order valence-electron chi connectivity index (χ0n) is 17.0. The average molecular weight is 409 g/mol. The molecule has 156 valence electrons.